The van der Waals surface area contributed by atoms with Crippen LogP contribution in [0.5, 0.6) is 0 Å². The van der Waals surface area contributed by atoms with Gasteiger partial charge in [-0.05, 0) is 185 Å². The Balaban J connectivity index is -0.0000000886. The molecule has 0 aliphatic rings. The van der Waals surface area contributed by atoms with Crippen LogP contribution in [-0.2, 0) is 42.1 Å². The Morgan fingerprint density at radius 3 is 0.354 bits per heavy atom. The van der Waals surface area contributed by atoms with E-state index in [1.807, 2.05) is 0 Å². The molecular weight excluding hydrogens is 1160 g/mol. The molecule has 0 aromatic rings. The van der Waals surface area contributed by atoms with Crippen molar-refractivity contribution >= 4 is 90.0 Å². The number of hydrogen-bond acceptors (Lipinski definition) is 4. The van der Waals surface area contributed by atoms with Crippen LogP contribution in [0.3, 0.4) is 0 Å². The predicted molar refractivity (Wildman–Crippen MR) is 250 cm³/mol. The van der Waals surface area contributed by atoms with Gasteiger partial charge in [0.05, 0.1) is 0 Å². The van der Waals surface area contributed by atoms with Gasteiger partial charge in [-0.3, -0.25) is 0 Å². The van der Waals surface area contributed by atoms with Crippen molar-refractivity contribution in [1.82, 2.24) is 0 Å². The first-order valence-corrected chi connectivity index (χ1v) is 59.1. The van der Waals surface area contributed by atoms with Crippen LogP contribution in [0.4, 0.5) is 0 Å². The molecule has 0 aromatic heterocycles. The Hall–Kier alpha value is 2.79. The monoisotopic (exact) mass is 1230 g/mol. The van der Waals surface area contributed by atoms with E-state index in [2.05, 4.69) is 157 Å². The molecule has 0 unspecified atom stereocenters. The molecule has 4 nitrogen and oxygen atoms in total. The summed E-state index contributed by atoms with van der Waals surface area (Å²) in [7, 11) is -7.46. The first-order chi connectivity index (χ1) is 19.9. The molecule has 0 saturated heterocycles. The normalized spacial score (nSPS) is 12.4. The molecule has 0 spiro atoms. The van der Waals surface area contributed by atoms with Gasteiger partial charge in [0.1, 0.15) is 11.8 Å². The van der Waals surface area contributed by atoms with Crippen LogP contribution in [0.2, 0.25) is 157 Å². The summed E-state index contributed by atoms with van der Waals surface area (Å²) >= 11 is 0. The van der Waals surface area contributed by atoms with Crippen LogP contribution in [0, 0.1) is 47.3 Å². The SMILES string of the molecule is C[Si](C)(C)[PH+](C[PH+]([Si](C)(C)C)[Si](C)(C)C)[Si](C)(C)C.C[Si](C)(C)[PH+](C[PH+]([Si](C)(C)C)[Si](C)(C)C)[Si](C)(C)C.[C-]#N.[C-]#N.[C-]#N.[C-]#N.[Pt].[Pt]. The van der Waals surface area contributed by atoms with Crippen LogP contribution in [-0.4, -0.2) is 73.7 Å². The summed E-state index contributed by atoms with van der Waals surface area (Å²) in [6.45, 7) is 83.2. The van der Waals surface area contributed by atoms with E-state index in [0.29, 0.717) is 0 Å². The first kappa shape index (κ1) is 68.8. The van der Waals surface area contributed by atoms with Crippen LogP contribution in [0.25, 0.3) is 0 Å². The van der Waals surface area contributed by atoms with Crippen molar-refractivity contribution in [3.8, 4) is 0 Å². The first-order valence-electron chi connectivity index (χ1n) is 16.3. The van der Waals surface area contributed by atoms with Crippen molar-refractivity contribution in [2.75, 3.05) is 11.8 Å². The van der Waals surface area contributed by atoms with Gasteiger partial charge in [0.2, 0.25) is 61.9 Å². The largest absolute Gasteiger partial charge is 0.512 e. The van der Waals surface area contributed by atoms with E-state index in [-0.39, 0.29) is 70.2 Å². The standard InChI is InChI=1S/2C13H38P2Si4.4CN.2Pt/c2*1-16(2,3)14(17(4,5)6)13-15(18(7,8)9)19(10,11)12;4*1-2;;/h2*13H2,1-12H3;;;;;;/q;;4*-1;;/p+4. The van der Waals surface area contributed by atoms with Gasteiger partial charge in [-0.25, -0.2) is 0 Å². The Bertz CT molecular complexity index is 701. The summed E-state index contributed by atoms with van der Waals surface area (Å²) in [6.07, 6.45) is 0. The minimum absolute atomic E-state index is 0. The van der Waals surface area contributed by atoms with Crippen molar-refractivity contribution in [3.05, 3.63) is 26.3 Å². The van der Waals surface area contributed by atoms with E-state index in [4.69, 9.17) is 47.3 Å². The average Bonchev–Trinajstić information content (AvgIpc) is 2.78. The fourth-order valence-corrected chi connectivity index (χ4v) is 207. The van der Waals surface area contributed by atoms with Crippen LogP contribution < -0.4 is 0 Å². The van der Waals surface area contributed by atoms with Crippen LogP contribution in [0.15, 0.2) is 0 Å². The molecule has 0 aliphatic heterocycles. The maximum atomic E-state index is 6.25. The fraction of sp³-hybridized carbons (Fsp3) is 0.867. The molecule has 0 N–H and O–H groups in total. The maximum absolute atomic E-state index is 6.25. The molecule has 0 aromatic carbocycles. The van der Waals surface area contributed by atoms with Gasteiger partial charge in [-0.15, -0.1) is 0 Å². The summed E-state index contributed by atoms with van der Waals surface area (Å²) in [4.78, 5) is 0. The summed E-state index contributed by atoms with van der Waals surface area (Å²) in [5.74, 6) is 3.54. The maximum Gasteiger partial charge on any atom is 0.210 e. The average molecular weight is 1240 g/mol. The molecule has 0 aliphatic carbocycles. The van der Waals surface area contributed by atoms with Gasteiger partial charge in [0.25, 0.3) is 0 Å². The fourth-order valence-electron chi connectivity index (χ4n) is 6.97. The summed E-state index contributed by atoms with van der Waals surface area (Å²) < 4.78 is 0. The second-order valence-corrected chi connectivity index (χ2v) is 119. The zero-order chi connectivity index (χ0) is 39.7. The molecule has 0 heterocycles. The third-order valence-corrected chi connectivity index (χ3v) is 138. The zero-order valence-corrected chi connectivity index (χ0v) is 52.4. The Kier molecular flexibility index (Phi) is 40.5. The Morgan fingerprint density at radius 1 is 0.250 bits per heavy atom. The van der Waals surface area contributed by atoms with Crippen LogP contribution >= 0.6 is 28.1 Å². The molecule has 0 saturated carbocycles. The molecule has 18 heteroatoms. The van der Waals surface area contributed by atoms with E-state index in [0.717, 1.165) is 0 Å². The summed E-state index contributed by atoms with van der Waals surface area (Å²) in [5, 5.41) is 25.0. The minimum Gasteiger partial charge on any atom is -0.512 e. The third-order valence-electron chi connectivity index (χ3n) is 7.95. The van der Waals surface area contributed by atoms with Crippen molar-refractivity contribution in [3.63, 3.8) is 0 Å². The molecule has 0 fully saturated rings. The van der Waals surface area contributed by atoms with Crippen molar-refractivity contribution in [2.24, 2.45) is 0 Å². The molecule has 0 radical (unpaired) electrons. The van der Waals surface area contributed by atoms with Crippen molar-refractivity contribution < 1.29 is 42.1 Å². The van der Waals surface area contributed by atoms with E-state index >= 15 is 0 Å². The van der Waals surface area contributed by atoms with Gasteiger partial charge < -0.3 is 47.3 Å². The van der Waals surface area contributed by atoms with E-state index in [9.17, 15) is 0 Å². The smallest absolute Gasteiger partial charge is 0.210 e. The van der Waals surface area contributed by atoms with Crippen LogP contribution in [0.1, 0.15) is 0 Å². The number of nitrogens with zero attached hydrogens (tertiary/aromatic N) is 4. The van der Waals surface area contributed by atoms with Gasteiger partial charge >= 0.3 is 0 Å². The van der Waals surface area contributed by atoms with Crippen molar-refractivity contribution in [1.29, 1.82) is 21.0 Å². The summed E-state index contributed by atoms with van der Waals surface area (Å²) in [6, 6.07) is 0. The number of hydrogen-bond donors (Lipinski definition) is 0. The number of rotatable bonds is 12. The van der Waals surface area contributed by atoms with Gasteiger partial charge in [-0.2, -0.15) is 0 Å². The van der Waals surface area contributed by atoms with Crippen molar-refractivity contribution in [2.45, 2.75) is 157 Å². The molecule has 292 valence electrons. The second kappa shape index (κ2) is 28.2. The van der Waals surface area contributed by atoms with Gasteiger partial charge in [0, 0.05) is 42.1 Å². The predicted octanol–water partition coefficient (Wildman–Crippen LogP) is 13.8. The van der Waals surface area contributed by atoms with E-state index < -0.39 is 61.9 Å². The van der Waals surface area contributed by atoms with Gasteiger partial charge in [0.15, 0.2) is 0 Å². The third kappa shape index (κ3) is 32.2. The molecule has 0 atom stereocenters. The van der Waals surface area contributed by atoms with E-state index in [1.165, 1.54) is 0 Å². The molecule has 0 amide bonds. The Labute approximate surface area is 345 Å². The molecule has 0 rings (SSSR count). The van der Waals surface area contributed by atoms with E-state index in [1.54, 1.807) is 11.8 Å². The zero-order valence-electron chi connectivity index (χ0n) is 35.8. The summed E-state index contributed by atoms with van der Waals surface area (Å²) in [5.41, 5.74) is 0. The molecule has 0 bridgehead atoms. The quantitative estimate of drug-likeness (QED) is 0.110. The van der Waals surface area contributed by atoms with Gasteiger partial charge in [-0.1, -0.05) is 0 Å². The topological polar surface area (TPSA) is 95.2 Å². The second-order valence-electron chi connectivity index (χ2n) is 20.3. The minimum atomic E-state index is -0.909. The molecule has 48 heavy (non-hydrogen) atoms. The molecular formula is C30H80N4P4Pt2Si8. The Morgan fingerprint density at radius 2 is 0.312 bits per heavy atom.